The van der Waals surface area contributed by atoms with Crippen molar-refractivity contribution in [1.82, 2.24) is 24.3 Å². The highest BCUT2D eigenvalue weighted by Gasteiger charge is 2.30. The molecule has 23 heavy (non-hydrogen) atoms. The van der Waals surface area contributed by atoms with Crippen LogP contribution in [0.4, 0.5) is 5.82 Å². The number of rotatable bonds is 4. The first kappa shape index (κ1) is 14.8. The molecule has 0 unspecified atom stereocenters. The van der Waals surface area contributed by atoms with Crippen LogP contribution in [0.1, 0.15) is 37.4 Å². The lowest BCUT2D eigenvalue weighted by molar-refractivity contribution is 0.460. The Balaban J connectivity index is 1.54. The second-order valence-corrected chi connectivity index (χ2v) is 8.21. The van der Waals surface area contributed by atoms with Crippen LogP contribution < -0.4 is 9.62 Å². The first-order chi connectivity index (χ1) is 11.0. The van der Waals surface area contributed by atoms with Crippen LogP contribution in [0.2, 0.25) is 0 Å². The zero-order valence-corrected chi connectivity index (χ0v) is 13.8. The van der Waals surface area contributed by atoms with E-state index < -0.39 is 10.0 Å². The average Bonchev–Trinajstić information content (AvgIpc) is 3.25. The Kier molecular flexibility index (Phi) is 3.49. The third-order valence-corrected chi connectivity index (χ3v) is 5.21. The van der Waals surface area contributed by atoms with Crippen LogP contribution in [0, 0.1) is 0 Å². The second-order valence-electron chi connectivity index (χ2n) is 6.43. The Labute approximate surface area is 135 Å². The number of fused-ring (bicyclic) bond motifs is 1. The minimum absolute atomic E-state index is 0.000813. The predicted octanol–water partition coefficient (Wildman–Crippen LogP) is 0.520. The number of hydrogen-bond donors (Lipinski definition) is 1. The summed E-state index contributed by atoms with van der Waals surface area (Å²) < 4.78 is 27.4. The van der Waals surface area contributed by atoms with Gasteiger partial charge in [0.2, 0.25) is 15.7 Å². The third-order valence-electron chi connectivity index (χ3n) is 4.45. The Morgan fingerprint density at radius 2 is 1.91 bits per heavy atom. The molecule has 2 aromatic rings. The van der Waals surface area contributed by atoms with Gasteiger partial charge in [-0.15, -0.1) is 10.2 Å². The monoisotopic (exact) mass is 336 g/mol. The van der Waals surface area contributed by atoms with Crippen molar-refractivity contribution in [2.75, 3.05) is 24.2 Å². The molecule has 0 amide bonds. The molecular weight excluding hydrogens is 316 g/mol. The van der Waals surface area contributed by atoms with Gasteiger partial charge in [0.1, 0.15) is 5.82 Å². The van der Waals surface area contributed by atoms with Crippen LogP contribution in [0.5, 0.6) is 0 Å². The van der Waals surface area contributed by atoms with Crippen LogP contribution in [-0.2, 0) is 10.0 Å². The van der Waals surface area contributed by atoms with E-state index in [2.05, 4.69) is 24.8 Å². The highest BCUT2D eigenvalue weighted by atomic mass is 32.2. The van der Waals surface area contributed by atoms with Gasteiger partial charge < -0.3 is 4.90 Å². The summed E-state index contributed by atoms with van der Waals surface area (Å²) in [6, 6.07) is 0.000813. The molecule has 2 fully saturated rings. The van der Waals surface area contributed by atoms with E-state index in [-0.39, 0.29) is 6.04 Å². The molecule has 3 heterocycles. The summed E-state index contributed by atoms with van der Waals surface area (Å²) in [6.07, 6.45) is 8.81. The minimum Gasteiger partial charge on any atom is -0.353 e. The van der Waals surface area contributed by atoms with Crippen molar-refractivity contribution in [3.8, 4) is 0 Å². The number of aromatic nitrogens is 4. The quantitative estimate of drug-likeness (QED) is 0.875. The molecule has 0 atom stereocenters. The lowest BCUT2D eigenvalue weighted by atomic mass is 10.1. The van der Waals surface area contributed by atoms with E-state index in [0.717, 1.165) is 43.2 Å². The first-order valence-corrected chi connectivity index (χ1v) is 9.82. The van der Waals surface area contributed by atoms with E-state index in [1.54, 1.807) is 6.20 Å². The maximum Gasteiger partial charge on any atom is 0.208 e. The first-order valence-electron chi connectivity index (χ1n) is 7.93. The third kappa shape index (κ3) is 3.02. The Morgan fingerprint density at radius 1 is 1.17 bits per heavy atom. The normalized spacial score (nSPS) is 20.3. The molecule has 1 aliphatic carbocycles. The predicted molar refractivity (Wildman–Crippen MR) is 86.0 cm³/mol. The zero-order chi connectivity index (χ0) is 16.0. The molecule has 2 aliphatic rings. The van der Waals surface area contributed by atoms with Gasteiger partial charge in [-0.05, 0) is 25.7 Å². The van der Waals surface area contributed by atoms with E-state index in [9.17, 15) is 8.42 Å². The summed E-state index contributed by atoms with van der Waals surface area (Å²) in [5, 5.41) is 8.66. The van der Waals surface area contributed by atoms with E-state index >= 15 is 0 Å². The fourth-order valence-corrected chi connectivity index (χ4v) is 4.03. The zero-order valence-electron chi connectivity index (χ0n) is 13.0. The number of anilines is 1. The Hall–Kier alpha value is -1.74. The maximum atomic E-state index is 11.3. The standard InChI is InChI=1S/C14H20N6O2S/c1-23(21,22)18-11-4-7-19(8-5-11)13-14-17-16-12(10-2-3-10)20(14)9-6-15-13/h6,9-11,18H,2-5,7-8H2,1H3. The van der Waals surface area contributed by atoms with Crippen molar-refractivity contribution in [2.45, 2.75) is 37.6 Å². The van der Waals surface area contributed by atoms with E-state index in [0.29, 0.717) is 5.92 Å². The summed E-state index contributed by atoms with van der Waals surface area (Å²) in [4.78, 5) is 6.65. The molecule has 1 N–H and O–H groups in total. The lowest BCUT2D eigenvalue weighted by Gasteiger charge is -2.32. The molecule has 2 aromatic heterocycles. The van der Waals surface area contributed by atoms with Gasteiger partial charge in [0.15, 0.2) is 5.82 Å². The summed E-state index contributed by atoms with van der Waals surface area (Å²) in [6.45, 7) is 1.51. The molecule has 124 valence electrons. The van der Waals surface area contributed by atoms with Gasteiger partial charge in [-0.3, -0.25) is 4.40 Å². The molecular formula is C14H20N6O2S. The maximum absolute atomic E-state index is 11.3. The van der Waals surface area contributed by atoms with Crippen LogP contribution >= 0.6 is 0 Å². The lowest BCUT2D eigenvalue weighted by Crippen LogP contribution is -2.44. The van der Waals surface area contributed by atoms with Crippen molar-refractivity contribution in [1.29, 1.82) is 0 Å². The van der Waals surface area contributed by atoms with Crippen molar-refractivity contribution < 1.29 is 8.42 Å². The van der Waals surface area contributed by atoms with Gasteiger partial charge in [0.05, 0.1) is 6.26 Å². The van der Waals surface area contributed by atoms with Crippen molar-refractivity contribution >= 4 is 21.5 Å². The Bertz CT molecular complexity index is 821. The van der Waals surface area contributed by atoms with Gasteiger partial charge in [-0.2, -0.15) is 0 Å². The average molecular weight is 336 g/mol. The van der Waals surface area contributed by atoms with Gasteiger partial charge >= 0.3 is 0 Å². The molecule has 9 heteroatoms. The number of hydrogen-bond acceptors (Lipinski definition) is 6. The van der Waals surface area contributed by atoms with Crippen molar-refractivity contribution in [3.05, 3.63) is 18.2 Å². The topological polar surface area (TPSA) is 92.5 Å². The van der Waals surface area contributed by atoms with E-state index in [1.807, 2.05) is 10.6 Å². The molecule has 1 saturated heterocycles. The molecule has 0 spiro atoms. The fraction of sp³-hybridized carbons (Fsp3) is 0.643. The highest BCUT2D eigenvalue weighted by Crippen LogP contribution is 2.39. The van der Waals surface area contributed by atoms with Crippen LogP contribution in [-0.4, -0.2) is 53.4 Å². The minimum atomic E-state index is -3.15. The number of nitrogens with one attached hydrogen (secondary N) is 1. The highest BCUT2D eigenvalue weighted by molar-refractivity contribution is 7.88. The summed E-state index contributed by atoms with van der Waals surface area (Å²) >= 11 is 0. The van der Waals surface area contributed by atoms with Gasteiger partial charge in [-0.25, -0.2) is 18.1 Å². The second kappa shape index (κ2) is 5.41. The summed E-state index contributed by atoms with van der Waals surface area (Å²) in [5.74, 6) is 2.40. The van der Waals surface area contributed by atoms with Gasteiger partial charge in [-0.1, -0.05) is 0 Å². The van der Waals surface area contributed by atoms with Crippen LogP contribution in [0.3, 0.4) is 0 Å². The molecule has 1 aliphatic heterocycles. The van der Waals surface area contributed by atoms with Crippen LogP contribution in [0.15, 0.2) is 12.4 Å². The molecule has 0 bridgehead atoms. The molecule has 0 radical (unpaired) electrons. The fourth-order valence-electron chi connectivity index (χ4n) is 3.19. The number of sulfonamides is 1. The van der Waals surface area contributed by atoms with E-state index in [1.165, 1.54) is 19.1 Å². The van der Waals surface area contributed by atoms with Crippen molar-refractivity contribution in [3.63, 3.8) is 0 Å². The number of piperidine rings is 1. The van der Waals surface area contributed by atoms with E-state index in [4.69, 9.17) is 0 Å². The van der Waals surface area contributed by atoms with Gasteiger partial charge in [0.25, 0.3) is 0 Å². The molecule has 0 aromatic carbocycles. The smallest absolute Gasteiger partial charge is 0.208 e. The summed E-state index contributed by atoms with van der Waals surface area (Å²) in [7, 11) is -3.15. The van der Waals surface area contributed by atoms with Gasteiger partial charge in [0, 0.05) is 37.4 Å². The molecule has 4 rings (SSSR count). The molecule has 1 saturated carbocycles. The van der Waals surface area contributed by atoms with Crippen LogP contribution in [0.25, 0.3) is 5.65 Å². The summed E-state index contributed by atoms with van der Waals surface area (Å²) in [5.41, 5.74) is 0.795. The SMILES string of the molecule is CS(=O)(=O)NC1CCN(c2nccn3c(C4CC4)nnc23)CC1. The molecule has 8 nitrogen and oxygen atoms in total. The number of nitrogens with zero attached hydrogens (tertiary/aromatic N) is 5. The Morgan fingerprint density at radius 3 is 2.57 bits per heavy atom. The largest absolute Gasteiger partial charge is 0.353 e. The van der Waals surface area contributed by atoms with Crippen molar-refractivity contribution in [2.24, 2.45) is 0 Å².